The van der Waals surface area contributed by atoms with Crippen LogP contribution in [0.5, 0.6) is 0 Å². The summed E-state index contributed by atoms with van der Waals surface area (Å²) in [6.45, 7) is 2.53. The molecule has 0 fully saturated rings. The smallest absolute Gasteiger partial charge is 0.257 e. The van der Waals surface area contributed by atoms with Crippen LogP contribution in [0.3, 0.4) is 0 Å². The van der Waals surface area contributed by atoms with Crippen molar-refractivity contribution >= 4 is 33.2 Å². The van der Waals surface area contributed by atoms with Crippen LogP contribution in [0.2, 0.25) is 5.02 Å². The van der Waals surface area contributed by atoms with Crippen LogP contribution in [0, 0.1) is 0 Å². The zero-order valence-electron chi connectivity index (χ0n) is 14.7. The first-order valence-electron chi connectivity index (χ1n) is 8.59. The topological polar surface area (TPSA) is 75.3 Å². The molecule has 26 heavy (non-hydrogen) atoms. The van der Waals surface area contributed by atoms with E-state index < -0.39 is 10.0 Å². The number of amides is 1. The second-order valence-electron chi connectivity index (χ2n) is 5.92. The normalized spacial score (nSPS) is 11.3. The van der Waals surface area contributed by atoms with Gasteiger partial charge in [0, 0.05) is 12.2 Å². The summed E-state index contributed by atoms with van der Waals surface area (Å²) in [4.78, 5) is 12.4. The molecule has 0 radical (unpaired) electrons. The van der Waals surface area contributed by atoms with Gasteiger partial charge in [0.25, 0.3) is 5.91 Å². The molecule has 1 amide bonds. The third kappa shape index (κ3) is 5.83. The summed E-state index contributed by atoms with van der Waals surface area (Å²) in [6, 6.07) is 12.8. The van der Waals surface area contributed by atoms with Gasteiger partial charge in [-0.3, -0.25) is 4.79 Å². The number of hydrogen-bond donors (Lipinski definition) is 2. The molecule has 140 valence electrons. The van der Waals surface area contributed by atoms with Gasteiger partial charge in [0.15, 0.2) is 0 Å². The Morgan fingerprint density at radius 2 is 1.69 bits per heavy atom. The number of hydrogen-bond acceptors (Lipinski definition) is 3. The van der Waals surface area contributed by atoms with E-state index in [1.54, 1.807) is 36.4 Å². The van der Waals surface area contributed by atoms with Crippen molar-refractivity contribution in [3.63, 3.8) is 0 Å². The molecule has 2 aromatic rings. The summed E-state index contributed by atoms with van der Waals surface area (Å²) >= 11 is 6.00. The first kappa shape index (κ1) is 20.4. The van der Waals surface area contributed by atoms with Crippen molar-refractivity contribution in [1.29, 1.82) is 0 Å². The lowest BCUT2D eigenvalue weighted by molar-refractivity contribution is 0.102. The molecule has 2 aromatic carbocycles. The second-order valence-corrected chi connectivity index (χ2v) is 8.09. The van der Waals surface area contributed by atoms with E-state index in [0.29, 0.717) is 22.8 Å². The van der Waals surface area contributed by atoms with Gasteiger partial charge in [-0.25, -0.2) is 13.1 Å². The number of halogens is 1. The molecule has 0 bridgehead atoms. The molecule has 0 saturated carbocycles. The second kappa shape index (κ2) is 9.71. The van der Waals surface area contributed by atoms with Crippen LogP contribution < -0.4 is 10.0 Å². The molecule has 0 aliphatic heterocycles. The molecule has 0 saturated heterocycles. The Morgan fingerprint density at radius 1 is 1.00 bits per heavy atom. The number of rotatable bonds is 9. The predicted octanol–water partition coefficient (Wildman–Crippen LogP) is 4.45. The molecule has 0 heterocycles. The lowest BCUT2D eigenvalue weighted by Crippen LogP contribution is -2.24. The fraction of sp³-hybridized carbons (Fsp3) is 0.316. The Bertz CT molecular complexity index is 836. The van der Waals surface area contributed by atoms with Gasteiger partial charge in [0.2, 0.25) is 10.0 Å². The van der Waals surface area contributed by atoms with Crippen LogP contribution in [0.4, 0.5) is 5.69 Å². The molecule has 0 unspecified atom stereocenters. The Labute approximate surface area is 159 Å². The van der Waals surface area contributed by atoms with E-state index in [1.165, 1.54) is 12.1 Å². The number of sulfonamides is 1. The molecule has 0 aliphatic carbocycles. The standard InChI is InChI=1S/C19H23ClN2O3S/c1-2-3-4-7-14-21-26(24,25)16-12-10-15(11-13-16)22-19(23)17-8-5-6-9-18(17)20/h5-6,8-13,21H,2-4,7,14H2,1H3,(H,22,23). The van der Waals surface area contributed by atoms with Gasteiger partial charge in [0.1, 0.15) is 0 Å². The molecule has 7 heteroatoms. The summed E-state index contributed by atoms with van der Waals surface area (Å²) in [7, 11) is -3.54. The number of carbonyl (C=O) groups excluding carboxylic acids is 1. The maximum Gasteiger partial charge on any atom is 0.257 e. The fourth-order valence-corrected chi connectivity index (χ4v) is 3.70. The fourth-order valence-electron chi connectivity index (χ4n) is 2.40. The van der Waals surface area contributed by atoms with Gasteiger partial charge >= 0.3 is 0 Å². The van der Waals surface area contributed by atoms with Gasteiger partial charge in [0.05, 0.1) is 15.5 Å². The summed E-state index contributed by atoms with van der Waals surface area (Å²) in [5.74, 6) is -0.347. The lowest BCUT2D eigenvalue weighted by Gasteiger charge is -2.09. The number of carbonyl (C=O) groups is 1. The largest absolute Gasteiger partial charge is 0.322 e. The Hall–Kier alpha value is -1.89. The number of anilines is 1. The van der Waals surface area contributed by atoms with Crippen molar-refractivity contribution in [3.8, 4) is 0 Å². The Balaban J connectivity index is 1.97. The molecule has 5 nitrogen and oxygen atoms in total. The van der Waals surface area contributed by atoms with Gasteiger partial charge in [-0.15, -0.1) is 0 Å². The molecular weight excluding hydrogens is 372 g/mol. The zero-order valence-corrected chi connectivity index (χ0v) is 16.2. The lowest BCUT2D eigenvalue weighted by atomic mass is 10.2. The first-order chi connectivity index (χ1) is 12.4. The van der Waals surface area contributed by atoms with E-state index >= 15 is 0 Å². The molecule has 0 aliphatic rings. The van der Waals surface area contributed by atoms with E-state index in [-0.39, 0.29) is 10.8 Å². The highest BCUT2D eigenvalue weighted by molar-refractivity contribution is 7.89. The highest BCUT2D eigenvalue weighted by Gasteiger charge is 2.14. The van der Waals surface area contributed by atoms with E-state index in [2.05, 4.69) is 17.0 Å². The summed E-state index contributed by atoms with van der Waals surface area (Å²) in [6.07, 6.45) is 4.03. The molecule has 0 spiro atoms. The summed E-state index contributed by atoms with van der Waals surface area (Å²) in [5.41, 5.74) is 0.858. The van der Waals surface area contributed by atoms with Gasteiger partial charge in [-0.1, -0.05) is 49.9 Å². The monoisotopic (exact) mass is 394 g/mol. The van der Waals surface area contributed by atoms with Crippen molar-refractivity contribution < 1.29 is 13.2 Å². The van der Waals surface area contributed by atoms with Crippen molar-refractivity contribution in [2.24, 2.45) is 0 Å². The highest BCUT2D eigenvalue weighted by Crippen LogP contribution is 2.18. The van der Waals surface area contributed by atoms with Crippen molar-refractivity contribution in [1.82, 2.24) is 4.72 Å². The van der Waals surface area contributed by atoms with Crippen LogP contribution in [0.25, 0.3) is 0 Å². The van der Waals surface area contributed by atoms with Crippen LogP contribution >= 0.6 is 11.6 Å². The molecule has 2 N–H and O–H groups in total. The molecule has 0 aromatic heterocycles. The average Bonchev–Trinajstić information content (AvgIpc) is 2.62. The number of unbranched alkanes of at least 4 members (excludes halogenated alkanes) is 3. The first-order valence-corrected chi connectivity index (χ1v) is 10.5. The van der Waals surface area contributed by atoms with Gasteiger partial charge < -0.3 is 5.32 Å². The quantitative estimate of drug-likeness (QED) is 0.617. The summed E-state index contributed by atoms with van der Waals surface area (Å²) < 4.78 is 27.1. The predicted molar refractivity (Wildman–Crippen MR) is 105 cm³/mol. The third-order valence-corrected chi connectivity index (χ3v) is 5.67. The van der Waals surface area contributed by atoms with E-state index in [1.807, 2.05) is 0 Å². The van der Waals surface area contributed by atoms with Crippen LogP contribution in [0.15, 0.2) is 53.4 Å². The van der Waals surface area contributed by atoms with Crippen molar-refractivity contribution in [3.05, 3.63) is 59.1 Å². The van der Waals surface area contributed by atoms with Crippen LogP contribution in [-0.4, -0.2) is 20.9 Å². The van der Waals surface area contributed by atoms with Crippen molar-refractivity contribution in [2.75, 3.05) is 11.9 Å². The maximum absolute atomic E-state index is 12.2. The van der Waals surface area contributed by atoms with Gasteiger partial charge in [-0.05, 0) is 42.8 Å². The number of benzene rings is 2. The Kier molecular flexibility index (Phi) is 7.63. The van der Waals surface area contributed by atoms with Crippen molar-refractivity contribution in [2.45, 2.75) is 37.5 Å². The molecular formula is C19H23ClN2O3S. The minimum absolute atomic E-state index is 0.170. The molecule has 2 rings (SSSR count). The average molecular weight is 395 g/mol. The number of nitrogens with one attached hydrogen (secondary N) is 2. The van der Waals surface area contributed by atoms with E-state index in [0.717, 1.165) is 25.7 Å². The SMILES string of the molecule is CCCCCCNS(=O)(=O)c1ccc(NC(=O)c2ccccc2Cl)cc1. The maximum atomic E-state index is 12.2. The minimum atomic E-state index is -3.54. The zero-order chi connectivity index (χ0) is 19.0. The summed E-state index contributed by atoms with van der Waals surface area (Å²) in [5, 5.41) is 3.06. The van der Waals surface area contributed by atoms with E-state index in [4.69, 9.17) is 11.6 Å². The highest BCUT2D eigenvalue weighted by atomic mass is 35.5. The van der Waals surface area contributed by atoms with Crippen LogP contribution in [0.1, 0.15) is 43.0 Å². The van der Waals surface area contributed by atoms with Gasteiger partial charge in [-0.2, -0.15) is 0 Å². The van der Waals surface area contributed by atoms with E-state index in [9.17, 15) is 13.2 Å². The minimum Gasteiger partial charge on any atom is -0.322 e. The third-order valence-electron chi connectivity index (χ3n) is 3.86. The molecule has 0 atom stereocenters. The van der Waals surface area contributed by atoms with Crippen LogP contribution in [-0.2, 0) is 10.0 Å². The Morgan fingerprint density at radius 3 is 2.35 bits per heavy atom.